The monoisotopic (exact) mass is 319 g/mol. The zero-order chi connectivity index (χ0) is 13.6. The number of halogens is 1. The van der Waals surface area contributed by atoms with Gasteiger partial charge in [0.15, 0.2) is 0 Å². The number of hydrogen-bond donors (Lipinski definition) is 0. The summed E-state index contributed by atoms with van der Waals surface area (Å²) in [6.07, 6.45) is 5.37. The molecule has 19 heavy (non-hydrogen) atoms. The predicted octanol–water partition coefficient (Wildman–Crippen LogP) is 3.21. The van der Waals surface area contributed by atoms with E-state index in [9.17, 15) is 9.59 Å². The summed E-state index contributed by atoms with van der Waals surface area (Å²) >= 11 is 3.40. The highest BCUT2D eigenvalue weighted by molar-refractivity contribution is 9.10. The number of amides is 2. The molecule has 0 aromatic heterocycles. The number of imide groups is 1. The van der Waals surface area contributed by atoms with Crippen LogP contribution in [0.2, 0.25) is 0 Å². The van der Waals surface area contributed by atoms with E-state index in [1.165, 1.54) is 4.90 Å². The molecule has 1 heterocycles. The average molecular weight is 320 g/mol. The fourth-order valence-corrected chi connectivity index (χ4v) is 3.38. The van der Waals surface area contributed by atoms with E-state index in [1.54, 1.807) is 0 Å². The first-order valence-corrected chi connectivity index (χ1v) is 7.18. The zero-order valence-corrected chi connectivity index (χ0v) is 12.2. The quantitative estimate of drug-likeness (QED) is 0.588. The van der Waals surface area contributed by atoms with Crippen molar-refractivity contribution in [2.45, 2.75) is 19.8 Å². The topological polar surface area (TPSA) is 37.4 Å². The van der Waals surface area contributed by atoms with Crippen LogP contribution in [0, 0.1) is 18.8 Å². The number of benzene rings is 1. The Morgan fingerprint density at radius 1 is 1.11 bits per heavy atom. The molecule has 3 nitrogen and oxygen atoms in total. The molecule has 1 fully saturated rings. The Bertz CT molecular complexity index is 568. The Labute approximate surface area is 120 Å². The molecule has 2 aliphatic rings. The molecule has 0 unspecified atom stereocenters. The number of rotatable bonds is 1. The maximum atomic E-state index is 12.4. The molecule has 0 spiro atoms. The molecular weight excluding hydrogens is 306 g/mol. The Morgan fingerprint density at radius 2 is 1.68 bits per heavy atom. The smallest absolute Gasteiger partial charge is 0.238 e. The van der Waals surface area contributed by atoms with E-state index in [4.69, 9.17) is 0 Å². The lowest BCUT2D eigenvalue weighted by molar-refractivity contribution is -0.122. The van der Waals surface area contributed by atoms with Crippen LogP contribution in [0.15, 0.2) is 34.8 Å². The van der Waals surface area contributed by atoms with Crippen LogP contribution in [-0.2, 0) is 9.59 Å². The second-order valence-corrected chi connectivity index (χ2v) is 6.01. The largest absolute Gasteiger partial charge is 0.274 e. The van der Waals surface area contributed by atoms with E-state index in [-0.39, 0.29) is 23.7 Å². The van der Waals surface area contributed by atoms with E-state index in [2.05, 4.69) is 15.9 Å². The third-order valence-electron chi connectivity index (χ3n) is 3.91. The first-order chi connectivity index (χ1) is 9.09. The maximum Gasteiger partial charge on any atom is 0.238 e. The van der Waals surface area contributed by atoms with Gasteiger partial charge in [0.05, 0.1) is 17.5 Å². The van der Waals surface area contributed by atoms with Gasteiger partial charge in [0, 0.05) is 4.47 Å². The first kappa shape index (κ1) is 12.6. The van der Waals surface area contributed by atoms with Crippen LogP contribution in [-0.4, -0.2) is 11.8 Å². The summed E-state index contributed by atoms with van der Waals surface area (Å²) in [4.78, 5) is 26.3. The van der Waals surface area contributed by atoms with Gasteiger partial charge in [-0.1, -0.05) is 28.1 Å². The van der Waals surface area contributed by atoms with Gasteiger partial charge in [0.2, 0.25) is 11.8 Å². The summed E-state index contributed by atoms with van der Waals surface area (Å²) in [6.45, 7) is 1.92. The summed E-state index contributed by atoms with van der Waals surface area (Å²) in [5, 5.41) is 0. The van der Waals surface area contributed by atoms with Gasteiger partial charge in [0.25, 0.3) is 0 Å². The Morgan fingerprint density at radius 3 is 2.21 bits per heavy atom. The van der Waals surface area contributed by atoms with E-state index in [0.717, 1.165) is 10.0 Å². The summed E-state index contributed by atoms with van der Waals surface area (Å²) in [6, 6.07) is 5.62. The lowest BCUT2D eigenvalue weighted by atomic mass is 9.85. The zero-order valence-electron chi connectivity index (χ0n) is 10.6. The molecule has 4 heteroatoms. The van der Waals surface area contributed by atoms with Gasteiger partial charge in [-0.05, 0) is 43.5 Å². The van der Waals surface area contributed by atoms with Gasteiger partial charge in [-0.2, -0.15) is 0 Å². The molecule has 2 amide bonds. The molecule has 0 bridgehead atoms. The summed E-state index contributed by atoms with van der Waals surface area (Å²) < 4.78 is 0.951. The lowest BCUT2D eigenvalue weighted by Gasteiger charge is -2.17. The highest BCUT2D eigenvalue weighted by atomic mass is 79.9. The number of hydrogen-bond acceptors (Lipinski definition) is 2. The standard InChI is InChI=1S/C15H14BrNO2/c1-9-8-10(16)6-7-13(9)17-14(18)11-4-2-3-5-12(11)15(17)19/h2-3,6-8,11-12H,4-5H2,1H3/t11-,12-/m0/s1. The van der Waals surface area contributed by atoms with Crippen molar-refractivity contribution in [2.24, 2.45) is 11.8 Å². The van der Waals surface area contributed by atoms with Gasteiger partial charge in [-0.25, -0.2) is 4.90 Å². The molecule has 0 N–H and O–H groups in total. The van der Waals surface area contributed by atoms with Gasteiger partial charge in [0.1, 0.15) is 0 Å². The number of allylic oxidation sites excluding steroid dienone is 2. The molecule has 2 atom stereocenters. The van der Waals surface area contributed by atoms with E-state index in [1.807, 2.05) is 37.3 Å². The van der Waals surface area contributed by atoms with Gasteiger partial charge >= 0.3 is 0 Å². The average Bonchev–Trinajstić information content (AvgIpc) is 2.64. The van der Waals surface area contributed by atoms with Crippen LogP contribution >= 0.6 is 15.9 Å². The number of aryl methyl sites for hydroxylation is 1. The van der Waals surface area contributed by atoms with Crippen molar-refractivity contribution in [3.8, 4) is 0 Å². The molecule has 98 valence electrons. The number of nitrogens with zero attached hydrogens (tertiary/aromatic N) is 1. The van der Waals surface area contributed by atoms with E-state index >= 15 is 0 Å². The van der Waals surface area contributed by atoms with Crippen molar-refractivity contribution in [1.29, 1.82) is 0 Å². The third kappa shape index (κ3) is 1.94. The minimum absolute atomic E-state index is 0.0511. The number of carbonyl (C=O) groups excluding carboxylic acids is 2. The molecule has 1 saturated heterocycles. The Balaban J connectivity index is 2.02. The Hall–Kier alpha value is -1.42. The molecule has 1 aliphatic carbocycles. The molecule has 3 rings (SSSR count). The summed E-state index contributed by atoms with van der Waals surface area (Å²) in [5.41, 5.74) is 1.65. The van der Waals surface area contributed by atoms with Crippen molar-refractivity contribution < 1.29 is 9.59 Å². The second-order valence-electron chi connectivity index (χ2n) is 5.10. The van der Waals surface area contributed by atoms with Crippen LogP contribution in [0.4, 0.5) is 5.69 Å². The van der Waals surface area contributed by atoms with Crippen molar-refractivity contribution in [1.82, 2.24) is 0 Å². The Kier molecular flexibility index (Phi) is 3.05. The molecule has 0 radical (unpaired) electrons. The van der Waals surface area contributed by atoms with E-state index in [0.29, 0.717) is 18.5 Å². The fraction of sp³-hybridized carbons (Fsp3) is 0.333. The number of carbonyl (C=O) groups is 2. The van der Waals surface area contributed by atoms with Crippen LogP contribution in [0.1, 0.15) is 18.4 Å². The maximum absolute atomic E-state index is 12.4. The minimum atomic E-state index is -0.166. The van der Waals surface area contributed by atoms with Crippen LogP contribution in [0.5, 0.6) is 0 Å². The van der Waals surface area contributed by atoms with Crippen molar-refractivity contribution in [2.75, 3.05) is 4.90 Å². The van der Waals surface area contributed by atoms with Crippen molar-refractivity contribution in [3.63, 3.8) is 0 Å². The highest BCUT2D eigenvalue weighted by Crippen LogP contribution is 2.38. The molecule has 1 aromatic carbocycles. The minimum Gasteiger partial charge on any atom is -0.274 e. The third-order valence-corrected chi connectivity index (χ3v) is 4.40. The lowest BCUT2D eigenvalue weighted by Crippen LogP contribution is -2.31. The number of fused-ring (bicyclic) bond motifs is 1. The normalized spacial score (nSPS) is 25.9. The molecule has 0 saturated carbocycles. The first-order valence-electron chi connectivity index (χ1n) is 6.38. The highest BCUT2D eigenvalue weighted by Gasteiger charge is 2.48. The van der Waals surface area contributed by atoms with Gasteiger partial charge in [-0.15, -0.1) is 0 Å². The van der Waals surface area contributed by atoms with Gasteiger partial charge in [-0.3, -0.25) is 9.59 Å². The number of anilines is 1. The summed E-state index contributed by atoms with van der Waals surface area (Å²) in [5.74, 6) is -0.435. The predicted molar refractivity (Wildman–Crippen MR) is 76.7 cm³/mol. The molecule has 1 aliphatic heterocycles. The van der Waals surface area contributed by atoms with Crippen LogP contribution < -0.4 is 4.90 Å². The van der Waals surface area contributed by atoms with Crippen LogP contribution in [0.3, 0.4) is 0 Å². The van der Waals surface area contributed by atoms with E-state index < -0.39 is 0 Å². The second kappa shape index (κ2) is 4.60. The molecular formula is C15H14BrNO2. The van der Waals surface area contributed by atoms with Gasteiger partial charge < -0.3 is 0 Å². The van der Waals surface area contributed by atoms with Crippen molar-refractivity contribution >= 4 is 33.4 Å². The fourth-order valence-electron chi connectivity index (χ4n) is 2.91. The SMILES string of the molecule is Cc1cc(Br)ccc1N1C(=O)[C@H]2CC=CC[C@@H]2C1=O. The van der Waals surface area contributed by atoms with Crippen LogP contribution in [0.25, 0.3) is 0 Å². The van der Waals surface area contributed by atoms with Crippen molar-refractivity contribution in [3.05, 3.63) is 40.4 Å². The summed E-state index contributed by atoms with van der Waals surface area (Å²) in [7, 11) is 0. The molecule has 1 aromatic rings.